The topological polar surface area (TPSA) is 88.9 Å². The van der Waals surface area contributed by atoms with Gasteiger partial charge in [-0.15, -0.1) is 0 Å². The number of nitrogens with one attached hydrogen (secondary N) is 1. The molecular formula is C12H7N3O3. The van der Waals surface area contributed by atoms with Crippen molar-refractivity contribution in [2.45, 2.75) is 0 Å². The Labute approximate surface area is 100 Å². The zero-order valence-corrected chi connectivity index (χ0v) is 9.08. The lowest BCUT2D eigenvalue weighted by Gasteiger charge is -1.95. The van der Waals surface area contributed by atoms with Crippen molar-refractivity contribution in [2.24, 2.45) is 0 Å². The average Bonchev–Trinajstić information content (AvgIpc) is 2.84. The molecule has 0 atom stereocenters. The molecule has 0 bridgehead atoms. The van der Waals surface area contributed by atoms with Gasteiger partial charge in [-0.1, -0.05) is 35.5 Å². The van der Waals surface area contributed by atoms with Crippen molar-refractivity contribution >= 4 is 16.8 Å². The molecule has 0 aliphatic heterocycles. The first-order valence-corrected chi connectivity index (χ1v) is 5.20. The van der Waals surface area contributed by atoms with E-state index in [-0.39, 0.29) is 22.6 Å². The Kier molecular flexibility index (Phi) is 2.26. The quantitative estimate of drug-likeness (QED) is 0.679. The first-order chi connectivity index (χ1) is 8.77. The molecule has 2 aromatic heterocycles. The van der Waals surface area contributed by atoms with E-state index in [1.165, 1.54) is 6.33 Å². The Bertz CT molecular complexity index is 774. The van der Waals surface area contributed by atoms with Crippen LogP contribution in [0, 0.1) is 0 Å². The van der Waals surface area contributed by atoms with Gasteiger partial charge in [0, 0.05) is 5.56 Å². The van der Waals surface area contributed by atoms with Crippen LogP contribution >= 0.6 is 0 Å². The summed E-state index contributed by atoms with van der Waals surface area (Å²) in [5.41, 5.74) is 0.220. The van der Waals surface area contributed by atoms with Gasteiger partial charge in [0.1, 0.15) is 5.52 Å². The number of rotatable bonds is 2. The van der Waals surface area contributed by atoms with Crippen LogP contribution in [0.25, 0.3) is 11.0 Å². The van der Waals surface area contributed by atoms with Crippen LogP contribution in [0.4, 0.5) is 0 Å². The highest BCUT2D eigenvalue weighted by Crippen LogP contribution is 2.16. The van der Waals surface area contributed by atoms with Gasteiger partial charge >= 0.3 is 0 Å². The number of ketones is 1. The molecule has 3 rings (SSSR count). The minimum Gasteiger partial charge on any atom is -0.349 e. The molecule has 18 heavy (non-hydrogen) atoms. The van der Waals surface area contributed by atoms with Crippen LogP contribution in [-0.2, 0) is 0 Å². The minimum absolute atomic E-state index is 0.0248. The Morgan fingerprint density at radius 3 is 2.72 bits per heavy atom. The zero-order valence-electron chi connectivity index (χ0n) is 9.08. The van der Waals surface area contributed by atoms with Gasteiger partial charge in [-0.2, -0.15) is 0 Å². The van der Waals surface area contributed by atoms with Crippen molar-refractivity contribution < 1.29 is 9.32 Å². The van der Waals surface area contributed by atoms with Crippen LogP contribution in [0.5, 0.6) is 0 Å². The summed E-state index contributed by atoms with van der Waals surface area (Å²) in [7, 11) is 0. The summed E-state index contributed by atoms with van der Waals surface area (Å²) in [5.74, 6) is -0.376. The SMILES string of the molecule is O=C(c1ccccc1)c1onc2c(=O)[nH]cnc12. The largest absolute Gasteiger partial charge is 0.349 e. The van der Waals surface area contributed by atoms with E-state index in [9.17, 15) is 9.59 Å². The van der Waals surface area contributed by atoms with Crippen LogP contribution in [0.1, 0.15) is 16.1 Å². The molecule has 1 N–H and O–H groups in total. The van der Waals surface area contributed by atoms with Crippen LogP contribution in [0.2, 0.25) is 0 Å². The lowest BCUT2D eigenvalue weighted by molar-refractivity contribution is 0.100. The molecule has 88 valence electrons. The Balaban J connectivity index is 2.19. The van der Waals surface area contributed by atoms with Crippen LogP contribution < -0.4 is 5.56 Å². The van der Waals surface area contributed by atoms with Gasteiger partial charge in [-0.25, -0.2) is 4.98 Å². The summed E-state index contributed by atoms with van der Waals surface area (Å²) in [6.07, 6.45) is 1.21. The van der Waals surface area contributed by atoms with Gasteiger partial charge < -0.3 is 9.51 Å². The normalized spacial score (nSPS) is 10.7. The van der Waals surface area contributed by atoms with Crippen molar-refractivity contribution in [3.63, 3.8) is 0 Å². The van der Waals surface area contributed by atoms with E-state index < -0.39 is 5.56 Å². The van der Waals surface area contributed by atoms with Gasteiger partial charge in [0.25, 0.3) is 5.56 Å². The fraction of sp³-hybridized carbons (Fsp3) is 0. The number of aromatic nitrogens is 3. The van der Waals surface area contributed by atoms with Gasteiger partial charge in [0.2, 0.25) is 11.5 Å². The number of fused-ring (bicyclic) bond motifs is 1. The third-order valence-corrected chi connectivity index (χ3v) is 2.51. The first kappa shape index (κ1) is 10.4. The number of hydrogen-bond donors (Lipinski definition) is 1. The third-order valence-electron chi connectivity index (χ3n) is 2.51. The van der Waals surface area contributed by atoms with Gasteiger partial charge in [-0.3, -0.25) is 9.59 Å². The number of hydrogen-bond acceptors (Lipinski definition) is 5. The van der Waals surface area contributed by atoms with Gasteiger partial charge in [0.15, 0.2) is 5.52 Å². The number of carbonyl (C=O) groups is 1. The molecule has 6 heteroatoms. The summed E-state index contributed by atoms with van der Waals surface area (Å²) >= 11 is 0. The fourth-order valence-corrected chi connectivity index (χ4v) is 1.65. The second kappa shape index (κ2) is 3.92. The highest BCUT2D eigenvalue weighted by atomic mass is 16.5. The second-order valence-electron chi connectivity index (χ2n) is 3.64. The molecule has 6 nitrogen and oxygen atoms in total. The molecule has 0 aliphatic rings. The number of H-pyrrole nitrogens is 1. The summed E-state index contributed by atoms with van der Waals surface area (Å²) in [6, 6.07) is 8.60. The van der Waals surface area contributed by atoms with Crippen molar-refractivity contribution in [1.82, 2.24) is 15.1 Å². The lowest BCUT2D eigenvalue weighted by atomic mass is 10.1. The van der Waals surface area contributed by atoms with E-state index in [0.29, 0.717) is 5.56 Å². The summed E-state index contributed by atoms with van der Waals surface area (Å²) in [5, 5.41) is 3.56. The standard InChI is InChI=1S/C12H7N3O3/c16-10(7-4-2-1-3-5-7)11-8-9(15-18-11)12(17)14-6-13-8/h1-6H,(H,13,14,17). The molecule has 0 aliphatic carbocycles. The molecular weight excluding hydrogens is 234 g/mol. The van der Waals surface area contributed by atoms with E-state index in [2.05, 4.69) is 15.1 Å². The van der Waals surface area contributed by atoms with Gasteiger partial charge in [0.05, 0.1) is 6.33 Å². The zero-order chi connectivity index (χ0) is 12.5. The fourth-order valence-electron chi connectivity index (χ4n) is 1.65. The molecule has 0 fully saturated rings. The maximum absolute atomic E-state index is 12.1. The number of benzene rings is 1. The molecule has 0 saturated carbocycles. The molecule has 0 saturated heterocycles. The van der Waals surface area contributed by atoms with Gasteiger partial charge in [-0.05, 0) is 0 Å². The summed E-state index contributed by atoms with van der Waals surface area (Å²) in [6.45, 7) is 0. The first-order valence-electron chi connectivity index (χ1n) is 5.20. The van der Waals surface area contributed by atoms with E-state index in [1.54, 1.807) is 30.3 Å². The second-order valence-corrected chi connectivity index (χ2v) is 3.64. The monoisotopic (exact) mass is 241 g/mol. The molecule has 3 aromatic rings. The predicted molar refractivity (Wildman–Crippen MR) is 62.3 cm³/mol. The van der Waals surface area contributed by atoms with Crippen molar-refractivity contribution in [2.75, 3.05) is 0 Å². The Hall–Kier alpha value is -2.76. The Morgan fingerprint density at radius 1 is 1.17 bits per heavy atom. The minimum atomic E-state index is -0.434. The molecule has 0 amide bonds. The maximum Gasteiger partial charge on any atom is 0.280 e. The third kappa shape index (κ3) is 1.51. The number of aromatic amines is 1. The van der Waals surface area contributed by atoms with E-state index in [4.69, 9.17) is 4.52 Å². The van der Waals surface area contributed by atoms with Crippen molar-refractivity contribution in [3.8, 4) is 0 Å². The Morgan fingerprint density at radius 2 is 1.94 bits per heavy atom. The van der Waals surface area contributed by atoms with Crippen LogP contribution in [-0.4, -0.2) is 20.9 Å². The highest BCUT2D eigenvalue weighted by Gasteiger charge is 2.20. The molecule has 0 radical (unpaired) electrons. The van der Waals surface area contributed by atoms with Crippen molar-refractivity contribution in [1.29, 1.82) is 0 Å². The predicted octanol–water partition coefficient (Wildman–Crippen LogP) is 1.14. The van der Waals surface area contributed by atoms with Crippen molar-refractivity contribution in [3.05, 3.63) is 58.3 Å². The lowest BCUT2D eigenvalue weighted by Crippen LogP contribution is -2.07. The summed E-state index contributed by atoms with van der Waals surface area (Å²) in [4.78, 5) is 29.9. The maximum atomic E-state index is 12.1. The van der Waals surface area contributed by atoms with Crippen LogP contribution in [0.3, 0.4) is 0 Å². The summed E-state index contributed by atoms with van der Waals surface area (Å²) < 4.78 is 4.93. The molecule has 0 unspecified atom stereocenters. The molecule has 0 spiro atoms. The van der Waals surface area contributed by atoms with Crippen LogP contribution in [0.15, 0.2) is 46.0 Å². The number of carbonyl (C=O) groups excluding carboxylic acids is 1. The molecule has 2 heterocycles. The van der Waals surface area contributed by atoms with E-state index >= 15 is 0 Å². The van der Waals surface area contributed by atoms with E-state index in [1.807, 2.05) is 0 Å². The highest BCUT2D eigenvalue weighted by molar-refractivity contribution is 6.12. The smallest absolute Gasteiger partial charge is 0.280 e. The number of nitrogens with zero attached hydrogens (tertiary/aromatic N) is 2. The average molecular weight is 241 g/mol. The van der Waals surface area contributed by atoms with E-state index in [0.717, 1.165) is 0 Å². The molecule has 1 aromatic carbocycles.